The Morgan fingerprint density at radius 2 is 1.31 bits per heavy atom. The third-order valence-electron chi connectivity index (χ3n) is 8.30. The molecule has 6 aromatic rings. The van der Waals surface area contributed by atoms with Gasteiger partial charge in [-0.25, -0.2) is 4.79 Å². The summed E-state index contributed by atoms with van der Waals surface area (Å²) in [6.45, 7) is 0.604. The molecular weight excluding hydrogens is 612 g/mol. The summed E-state index contributed by atoms with van der Waals surface area (Å²) in [6, 6.07) is 46.1. The molecule has 0 aliphatic carbocycles. The van der Waals surface area contributed by atoms with Gasteiger partial charge < -0.3 is 19.7 Å². The molecule has 0 aromatic heterocycles. The lowest BCUT2D eigenvalue weighted by molar-refractivity contribution is -0.141. The third kappa shape index (κ3) is 7.85. The van der Waals surface area contributed by atoms with Crippen molar-refractivity contribution < 1.29 is 23.9 Å². The molecule has 6 rings (SSSR count). The minimum atomic E-state index is -0.735. The number of amides is 1. The highest BCUT2D eigenvalue weighted by Crippen LogP contribution is 2.25. The molecule has 0 bridgehead atoms. The first kappa shape index (κ1) is 32.7. The molecule has 0 fully saturated rings. The molecule has 6 aromatic carbocycles. The second-order valence-corrected chi connectivity index (χ2v) is 11.5. The first-order valence-electron chi connectivity index (χ1n) is 16.1. The zero-order valence-corrected chi connectivity index (χ0v) is 27.1. The fourth-order valence-electron chi connectivity index (χ4n) is 5.80. The largest absolute Gasteiger partial charge is 0.492 e. The van der Waals surface area contributed by atoms with Gasteiger partial charge in [-0.1, -0.05) is 109 Å². The summed E-state index contributed by atoms with van der Waals surface area (Å²) >= 11 is 0. The maximum Gasteiger partial charge on any atom is 0.328 e. The molecule has 49 heavy (non-hydrogen) atoms. The normalized spacial score (nSPS) is 11.4. The van der Waals surface area contributed by atoms with Gasteiger partial charge in [0.25, 0.3) is 5.91 Å². The minimum absolute atomic E-state index is 0.102. The molecule has 0 saturated heterocycles. The predicted molar refractivity (Wildman–Crippen MR) is 193 cm³/mol. The standard InChI is InChI=1S/C42H36N2O5/c1-48-42(47)39(43-38-22-11-10-20-37(38)40(45)32-14-4-2-5-15-32)29-30-23-25-34(26-24-30)49-28-27-44(33-17-6-3-7-18-33)41(46)36-21-12-16-31-13-8-9-19-35(31)36/h2-26,39,43H,27-29H2,1H3/t39-/m0/s1. The summed E-state index contributed by atoms with van der Waals surface area (Å²) in [6.07, 6.45) is 0.322. The van der Waals surface area contributed by atoms with E-state index in [0.29, 0.717) is 41.1 Å². The maximum atomic E-state index is 13.9. The lowest BCUT2D eigenvalue weighted by Crippen LogP contribution is -2.34. The monoisotopic (exact) mass is 648 g/mol. The average Bonchev–Trinajstić information content (AvgIpc) is 3.16. The predicted octanol–water partition coefficient (Wildman–Crippen LogP) is 7.99. The van der Waals surface area contributed by atoms with Crippen LogP contribution >= 0.6 is 0 Å². The fraction of sp³-hybridized carbons (Fsp3) is 0.119. The van der Waals surface area contributed by atoms with Gasteiger partial charge in [-0.3, -0.25) is 9.59 Å². The molecule has 1 atom stereocenters. The summed E-state index contributed by atoms with van der Waals surface area (Å²) < 4.78 is 11.2. The highest BCUT2D eigenvalue weighted by Gasteiger charge is 2.23. The first-order valence-corrected chi connectivity index (χ1v) is 16.1. The van der Waals surface area contributed by atoms with E-state index in [4.69, 9.17) is 9.47 Å². The highest BCUT2D eigenvalue weighted by atomic mass is 16.5. The number of carbonyl (C=O) groups is 3. The first-order chi connectivity index (χ1) is 24.0. The zero-order chi connectivity index (χ0) is 34.0. The van der Waals surface area contributed by atoms with Crippen LogP contribution in [0.15, 0.2) is 152 Å². The van der Waals surface area contributed by atoms with Crippen molar-refractivity contribution in [3.63, 3.8) is 0 Å². The van der Waals surface area contributed by atoms with Crippen molar-refractivity contribution in [3.05, 3.63) is 174 Å². The topological polar surface area (TPSA) is 84.9 Å². The molecule has 1 amide bonds. The number of rotatable bonds is 13. The second kappa shape index (κ2) is 15.6. The van der Waals surface area contributed by atoms with Crippen LogP contribution in [0.4, 0.5) is 11.4 Å². The number of hydrogen-bond acceptors (Lipinski definition) is 6. The number of para-hydroxylation sites is 2. The van der Waals surface area contributed by atoms with E-state index in [0.717, 1.165) is 22.0 Å². The van der Waals surface area contributed by atoms with E-state index in [9.17, 15) is 14.4 Å². The van der Waals surface area contributed by atoms with E-state index in [2.05, 4.69) is 5.32 Å². The number of nitrogens with zero attached hydrogens (tertiary/aromatic N) is 1. The number of fused-ring (bicyclic) bond motifs is 1. The number of hydrogen-bond donors (Lipinski definition) is 1. The van der Waals surface area contributed by atoms with Crippen molar-refractivity contribution in [2.24, 2.45) is 0 Å². The Balaban J connectivity index is 1.13. The Bertz CT molecular complexity index is 2040. The lowest BCUT2D eigenvalue weighted by Gasteiger charge is -2.24. The van der Waals surface area contributed by atoms with Gasteiger partial charge in [0.15, 0.2) is 5.78 Å². The fourth-order valence-corrected chi connectivity index (χ4v) is 5.80. The molecule has 0 spiro atoms. The number of esters is 1. The quantitative estimate of drug-likeness (QED) is 0.101. The van der Waals surface area contributed by atoms with Crippen LogP contribution in [-0.2, 0) is 16.0 Å². The molecule has 0 aliphatic heterocycles. The van der Waals surface area contributed by atoms with Gasteiger partial charge in [-0.15, -0.1) is 0 Å². The minimum Gasteiger partial charge on any atom is -0.492 e. The third-order valence-corrected chi connectivity index (χ3v) is 8.30. The van der Waals surface area contributed by atoms with E-state index in [-0.39, 0.29) is 18.3 Å². The van der Waals surface area contributed by atoms with Crippen molar-refractivity contribution in [3.8, 4) is 5.75 Å². The van der Waals surface area contributed by atoms with Crippen molar-refractivity contribution in [1.29, 1.82) is 0 Å². The Hall–Kier alpha value is -6.21. The van der Waals surface area contributed by atoms with Crippen LogP contribution < -0.4 is 15.0 Å². The molecule has 7 heteroatoms. The number of methoxy groups -OCH3 is 1. The summed E-state index contributed by atoms with van der Waals surface area (Å²) in [4.78, 5) is 41.8. The van der Waals surface area contributed by atoms with E-state index < -0.39 is 12.0 Å². The van der Waals surface area contributed by atoms with Crippen LogP contribution in [0.25, 0.3) is 10.8 Å². The number of nitrogens with one attached hydrogen (secondary N) is 1. The lowest BCUT2D eigenvalue weighted by atomic mass is 10.00. The smallest absolute Gasteiger partial charge is 0.328 e. The van der Waals surface area contributed by atoms with Gasteiger partial charge >= 0.3 is 5.97 Å². The Kier molecular flexibility index (Phi) is 10.4. The van der Waals surface area contributed by atoms with Crippen molar-refractivity contribution in [2.45, 2.75) is 12.5 Å². The maximum absolute atomic E-state index is 13.9. The van der Waals surface area contributed by atoms with Crippen molar-refractivity contribution in [1.82, 2.24) is 0 Å². The van der Waals surface area contributed by atoms with Gasteiger partial charge in [-0.05, 0) is 58.8 Å². The molecular formula is C42H36N2O5. The van der Waals surface area contributed by atoms with Gasteiger partial charge in [0.2, 0.25) is 0 Å². The number of anilines is 2. The highest BCUT2D eigenvalue weighted by molar-refractivity contribution is 6.14. The van der Waals surface area contributed by atoms with Crippen LogP contribution in [0, 0.1) is 0 Å². The number of benzene rings is 6. The molecule has 0 radical (unpaired) electrons. The van der Waals surface area contributed by atoms with Crippen molar-refractivity contribution in [2.75, 3.05) is 30.5 Å². The molecule has 0 unspecified atom stereocenters. The SMILES string of the molecule is COC(=O)[C@H](Cc1ccc(OCCN(C(=O)c2cccc3ccccc23)c2ccccc2)cc1)Nc1ccccc1C(=O)c1ccccc1. The molecule has 244 valence electrons. The van der Waals surface area contributed by atoms with Crippen LogP contribution in [0.2, 0.25) is 0 Å². The van der Waals surface area contributed by atoms with E-state index in [1.807, 2.05) is 121 Å². The summed E-state index contributed by atoms with van der Waals surface area (Å²) in [5.74, 6) is -0.0521. The van der Waals surface area contributed by atoms with Crippen molar-refractivity contribution >= 4 is 39.8 Å². The average molecular weight is 649 g/mol. The van der Waals surface area contributed by atoms with Gasteiger partial charge in [0.05, 0.1) is 13.7 Å². The summed E-state index contributed by atoms with van der Waals surface area (Å²) in [5, 5.41) is 5.15. The van der Waals surface area contributed by atoms with E-state index in [1.165, 1.54) is 7.11 Å². The Morgan fingerprint density at radius 1 is 0.673 bits per heavy atom. The van der Waals surface area contributed by atoms with Crippen LogP contribution in [0.5, 0.6) is 5.75 Å². The Labute approximate surface area is 285 Å². The van der Waals surface area contributed by atoms with Gasteiger partial charge in [0, 0.05) is 34.5 Å². The number of ketones is 1. The van der Waals surface area contributed by atoms with Gasteiger partial charge in [-0.2, -0.15) is 0 Å². The van der Waals surface area contributed by atoms with E-state index >= 15 is 0 Å². The second-order valence-electron chi connectivity index (χ2n) is 11.5. The molecule has 1 N–H and O–H groups in total. The number of carbonyl (C=O) groups excluding carboxylic acids is 3. The summed E-state index contributed by atoms with van der Waals surface area (Å²) in [5.41, 5.74) is 3.87. The van der Waals surface area contributed by atoms with Crippen LogP contribution in [0.3, 0.4) is 0 Å². The molecule has 0 aliphatic rings. The Morgan fingerprint density at radius 3 is 2.06 bits per heavy atom. The molecule has 0 heterocycles. The number of ether oxygens (including phenoxy) is 2. The summed E-state index contributed by atoms with van der Waals surface area (Å²) in [7, 11) is 1.35. The zero-order valence-electron chi connectivity index (χ0n) is 27.1. The molecule has 7 nitrogen and oxygen atoms in total. The van der Waals surface area contributed by atoms with E-state index in [1.54, 1.807) is 35.2 Å². The van der Waals surface area contributed by atoms with Crippen LogP contribution in [0.1, 0.15) is 31.8 Å². The van der Waals surface area contributed by atoms with Gasteiger partial charge in [0.1, 0.15) is 18.4 Å². The van der Waals surface area contributed by atoms with Crippen LogP contribution in [-0.4, -0.2) is 44.0 Å². The molecule has 0 saturated carbocycles.